The van der Waals surface area contributed by atoms with E-state index in [4.69, 9.17) is 9.47 Å². The second-order valence-corrected chi connectivity index (χ2v) is 6.37. The van der Waals surface area contributed by atoms with Gasteiger partial charge in [-0.1, -0.05) is 44.0 Å². The summed E-state index contributed by atoms with van der Waals surface area (Å²) in [4.78, 5) is 0.223. The van der Waals surface area contributed by atoms with Crippen molar-refractivity contribution in [2.75, 3.05) is 14.2 Å². The Labute approximate surface area is 136 Å². The molecule has 0 saturated heterocycles. The van der Waals surface area contributed by atoms with Gasteiger partial charge in [-0.2, -0.15) is 0 Å². The van der Waals surface area contributed by atoms with Crippen molar-refractivity contribution in [3.05, 3.63) is 58.1 Å². The maximum Gasteiger partial charge on any atom is 0.119 e. The van der Waals surface area contributed by atoms with Gasteiger partial charge >= 0.3 is 0 Å². The number of ether oxygens (including phenoxy) is 2. The molecule has 2 rings (SSSR count). The number of methoxy groups -OCH3 is 2. The van der Waals surface area contributed by atoms with Gasteiger partial charge in [-0.15, -0.1) is 0 Å². The Hall–Kier alpha value is -1.00. The summed E-state index contributed by atoms with van der Waals surface area (Å²) >= 11 is 7.35. The fraction of sp³-hybridized carbons (Fsp3) is 0.250. The summed E-state index contributed by atoms with van der Waals surface area (Å²) in [5.41, 5.74) is 2.43. The van der Waals surface area contributed by atoms with Crippen LogP contribution in [0.3, 0.4) is 0 Å². The number of rotatable bonds is 5. The quantitative estimate of drug-likeness (QED) is 0.647. The standard InChI is InChI=1S/C16H16Br2O2/c1-19-12-5-3-11(4-6-12)9-16(18)14-10-13(20-2)7-8-15(14)17/h3-8,10,16H,9H2,1-2H3. The third kappa shape index (κ3) is 3.76. The van der Waals surface area contributed by atoms with E-state index in [-0.39, 0.29) is 4.83 Å². The molecular formula is C16H16Br2O2. The van der Waals surface area contributed by atoms with Gasteiger partial charge < -0.3 is 9.47 Å². The van der Waals surface area contributed by atoms with Gasteiger partial charge in [0.15, 0.2) is 0 Å². The minimum atomic E-state index is 0.223. The molecule has 0 spiro atoms. The van der Waals surface area contributed by atoms with E-state index in [1.807, 2.05) is 30.3 Å². The minimum Gasteiger partial charge on any atom is -0.497 e. The molecule has 0 aliphatic rings. The van der Waals surface area contributed by atoms with Crippen molar-refractivity contribution in [2.45, 2.75) is 11.2 Å². The highest BCUT2D eigenvalue weighted by Crippen LogP contribution is 2.35. The third-order valence-electron chi connectivity index (χ3n) is 3.11. The predicted octanol–water partition coefficient (Wildman–Crippen LogP) is 5.15. The zero-order valence-electron chi connectivity index (χ0n) is 11.4. The number of halogens is 2. The highest BCUT2D eigenvalue weighted by molar-refractivity contribution is 9.11. The van der Waals surface area contributed by atoms with Crippen LogP contribution >= 0.6 is 31.9 Å². The van der Waals surface area contributed by atoms with E-state index in [1.165, 1.54) is 11.1 Å². The second kappa shape index (κ2) is 7.14. The van der Waals surface area contributed by atoms with Crippen molar-refractivity contribution in [3.63, 3.8) is 0 Å². The van der Waals surface area contributed by atoms with Gasteiger partial charge in [-0.25, -0.2) is 0 Å². The van der Waals surface area contributed by atoms with Crippen molar-refractivity contribution in [3.8, 4) is 11.5 Å². The van der Waals surface area contributed by atoms with Crippen LogP contribution in [0.4, 0.5) is 0 Å². The molecule has 4 heteroatoms. The second-order valence-electron chi connectivity index (χ2n) is 4.41. The molecule has 2 aromatic carbocycles. The lowest BCUT2D eigenvalue weighted by Gasteiger charge is -2.14. The van der Waals surface area contributed by atoms with E-state index in [9.17, 15) is 0 Å². The van der Waals surface area contributed by atoms with Crippen molar-refractivity contribution in [2.24, 2.45) is 0 Å². The molecular weight excluding hydrogens is 384 g/mol. The Morgan fingerprint density at radius 2 is 1.55 bits per heavy atom. The molecule has 0 amide bonds. The maximum absolute atomic E-state index is 5.28. The van der Waals surface area contributed by atoms with Crippen LogP contribution in [0.15, 0.2) is 46.9 Å². The predicted molar refractivity (Wildman–Crippen MR) is 89.1 cm³/mol. The average molecular weight is 400 g/mol. The fourth-order valence-corrected chi connectivity index (χ4v) is 3.55. The molecule has 20 heavy (non-hydrogen) atoms. The van der Waals surface area contributed by atoms with Gasteiger partial charge in [0.1, 0.15) is 11.5 Å². The molecule has 1 unspecified atom stereocenters. The van der Waals surface area contributed by atoms with Crippen LogP contribution in [0.5, 0.6) is 11.5 Å². The van der Waals surface area contributed by atoms with Crippen molar-refractivity contribution < 1.29 is 9.47 Å². The Bertz CT molecular complexity index is 567. The summed E-state index contributed by atoms with van der Waals surface area (Å²) in [6, 6.07) is 14.1. The molecule has 2 aromatic rings. The first-order valence-corrected chi connectivity index (χ1v) is 7.95. The SMILES string of the molecule is COc1ccc(CC(Br)c2cc(OC)ccc2Br)cc1. The Morgan fingerprint density at radius 1 is 0.950 bits per heavy atom. The van der Waals surface area contributed by atoms with E-state index in [0.717, 1.165) is 22.4 Å². The summed E-state index contributed by atoms with van der Waals surface area (Å²) < 4.78 is 11.5. The van der Waals surface area contributed by atoms with Crippen LogP contribution < -0.4 is 9.47 Å². The molecule has 0 fully saturated rings. The molecule has 0 N–H and O–H groups in total. The van der Waals surface area contributed by atoms with E-state index in [2.05, 4.69) is 44.0 Å². The molecule has 0 saturated carbocycles. The smallest absolute Gasteiger partial charge is 0.119 e. The molecule has 0 aliphatic carbocycles. The van der Waals surface area contributed by atoms with Crippen molar-refractivity contribution in [1.82, 2.24) is 0 Å². The summed E-state index contributed by atoms with van der Waals surface area (Å²) in [6.07, 6.45) is 0.899. The molecule has 2 nitrogen and oxygen atoms in total. The fourth-order valence-electron chi connectivity index (χ4n) is 1.97. The van der Waals surface area contributed by atoms with E-state index >= 15 is 0 Å². The first-order valence-electron chi connectivity index (χ1n) is 6.24. The maximum atomic E-state index is 5.28. The van der Waals surface area contributed by atoms with Crippen LogP contribution in [-0.2, 0) is 6.42 Å². The molecule has 0 bridgehead atoms. The van der Waals surface area contributed by atoms with Crippen LogP contribution in [0.2, 0.25) is 0 Å². The summed E-state index contributed by atoms with van der Waals surface area (Å²) in [5.74, 6) is 1.74. The van der Waals surface area contributed by atoms with E-state index < -0.39 is 0 Å². The zero-order valence-corrected chi connectivity index (χ0v) is 14.6. The number of benzene rings is 2. The molecule has 1 atom stereocenters. The zero-order chi connectivity index (χ0) is 14.5. The van der Waals surface area contributed by atoms with Crippen molar-refractivity contribution in [1.29, 1.82) is 0 Å². The molecule has 0 radical (unpaired) electrons. The lowest BCUT2D eigenvalue weighted by atomic mass is 10.0. The molecule has 0 aromatic heterocycles. The Balaban J connectivity index is 2.16. The van der Waals surface area contributed by atoms with Crippen LogP contribution in [0, 0.1) is 0 Å². The lowest BCUT2D eigenvalue weighted by molar-refractivity contribution is 0.414. The van der Waals surface area contributed by atoms with Crippen LogP contribution in [-0.4, -0.2) is 14.2 Å². The van der Waals surface area contributed by atoms with Crippen molar-refractivity contribution >= 4 is 31.9 Å². The summed E-state index contributed by atoms with van der Waals surface area (Å²) in [7, 11) is 3.36. The van der Waals surface area contributed by atoms with E-state index in [0.29, 0.717) is 0 Å². The average Bonchev–Trinajstić information content (AvgIpc) is 2.48. The molecule has 0 aliphatic heterocycles. The lowest BCUT2D eigenvalue weighted by Crippen LogP contribution is -1.97. The van der Waals surface area contributed by atoms with Gasteiger partial charge in [0.05, 0.1) is 14.2 Å². The number of hydrogen-bond donors (Lipinski definition) is 0. The molecule has 0 heterocycles. The van der Waals surface area contributed by atoms with Gasteiger partial charge in [0, 0.05) is 9.30 Å². The number of hydrogen-bond acceptors (Lipinski definition) is 2. The normalized spacial score (nSPS) is 12.0. The third-order valence-corrected chi connectivity index (χ3v) is 4.65. The summed E-state index contributed by atoms with van der Waals surface area (Å²) in [6.45, 7) is 0. The minimum absolute atomic E-state index is 0.223. The molecule has 106 valence electrons. The Morgan fingerprint density at radius 3 is 2.15 bits per heavy atom. The van der Waals surface area contributed by atoms with Gasteiger partial charge in [0.2, 0.25) is 0 Å². The Kier molecular flexibility index (Phi) is 5.49. The first kappa shape index (κ1) is 15.4. The van der Waals surface area contributed by atoms with Crippen LogP contribution in [0.25, 0.3) is 0 Å². The highest BCUT2D eigenvalue weighted by Gasteiger charge is 2.13. The van der Waals surface area contributed by atoms with Gasteiger partial charge in [-0.05, 0) is 47.9 Å². The highest BCUT2D eigenvalue weighted by atomic mass is 79.9. The van der Waals surface area contributed by atoms with Gasteiger partial charge in [-0.3, -0.25) is 0 Å². The first-order chi connectivity index (χ1) is 9.63. The topological polar surface area (TPSA) is 18.5 Å². The summed E-state index contributed by atoms with van der Waals surface area (Å²) in [5, 5.41) is 0. The monoisotopic (exact) mass is 398 g/mol. The largest absolute Gasteiger partial charge is 0.497 e. The number of alkyl halides is 1. The van der Waals surface area contributed by atoms with Gasteiger partial charge in [0.25, 0.3) is 0 Å². The van der Waals surface area contributed by atoms with E-state index in [1.54, 1.807) is 14.2 Å². The van der Waals surface area contributed by atoms with Crippen LogP contribution in [0.1, 0.15) is 16.0 Å².